The molecule has 2 aromatic rings. The van der Waals surface area contributed by atoms with Crippen LogP contribution in [0.15, 0.2) is 36.5 Å². The SMILES string of the molecule is CC=Cc1cnc2ccc(C#N)cc2c1. The van der Waals surface area contributed by atoms with Crippen LogP contribution < -0.4 is 0 Å². The van der Waals surface area contributed by atoms with Crippen molar-refractivity contribution in [1.29, 1.82) is 5.26 Å². The van der Waals surface area contributed by atoms with Gasteiger partial charge in [-0.1, -0.05) is 12.2 Å². The Hall–Kier alpha value is -2.14. The molecule has 0 bridgehead atoms. The van der Waals surface area contributed by atoms with E-state index in [-0.39, 0.29) is 0 Å². The minimum absolute atomic E-state index is 0.668. The number of pyridine rings is 1. The maximum absolute atomic E-state index is 8.79. The highest BCUT2D eigenvalue weighted by Crippen LogP contribution is 2.15. The molecule has 0 spiro atoms. The first-order valence-corrected chi connectivity index (χ1v) is 4.76. The molecule has 1 aromatic carbocycles. The van der Waals surface area contributed by atoms with Gasteiger partial charge in [0.1, 0.15) is 0 Å². The summed E-state index contributed by atoms with van der Waals surface area (Å²) in [4.78, 5) is 4.31. The van der Waals surface area contributed by atoms with Crippen molar-refractivity contribution in [2.24, 2.45) is 0 Å². The van der Waals surface area contributed by atoms with Gasteiger partial charge >= 0.3 is 0 Å². The van der Waals surface area contributed by atoms with E-state index in [0.717, 1.165) is 16.5 Å². The van der Waals surface area contributed by atoms with E-state index in [0.29, 0.717) is 5.56 Å². The maximum atomic E-state index is 8.79. The molecule has 15 heavy (non-hydrogen) atoms. The second-order valence-corrected chi connectivity index (χ2v) is 3.29. The smallest absolute Gasteiger partial charge is 0.0991 e. The highest BCUT2D eigenvalue weighted by molar-refractivity contribution is 5.82. The molecule has 0 saturated heterocycles. The van der Waals surface area contributed by atoms with Crippen LogP contribution >= 0.6 is 0 Å². The average molecular weight is 194 g/mol. The van der Waals surface area contributed by atoms with Crippen molar-refractivity contribution in [1.82, 2.24) is 4.98 Å². The summed E-state index contributed by atoms with van der Waals surface area (Å²) in [6.45, 7) is 1.97. The molecular formula is C13H10N2. The lowest BCUT2D eigenvalue weighted by Crippen LogP contribution is -1.82. The lowest BCUT2D eigenvalue weighted by Gasteiger charge is -1.99. The quantitative estimate of drug-likeness (QED) is 0.699. The molecule has 2 rings (SSSR count). The van der Waals surface area contributed by atoms with Crippen molar-refractivity contribution in [2.75, 3.05) is 0 Å². The normalized spacial score (nSPS) is 10.7. The van der Waals surface area contributed by atoms with E-state index in [4.69, 9.17) is 5.26 Å². The summed E-state index contributed by atoms with van der Waals surface area (Å²) in [5.41, 5.74) is 2.64. The van der Waals surface area contributed by atoms with Crippen molar-refractivity contribution >= 4 is 17.0 Å². The number of nitriles is 1. The van der Waals surface area contributed by atoms with Gasteiger partial charge in [0.25, 0.3) is 0 Å². The second kappa shape index (κ2) is 3.93. The summed E-state index contributed by atoms with van der Waals surface area (Å²) >= 11 is 0. The van der Waals surface area contributed by atoms with E-state index >= 15 is 0 Å². The number of hydrogen-bond donors (Lipinski definition) is 0. The molecule has 0 unspecified atom stereocenters. The molecular weight excluding hydrogens is 184 g/mol. The van der Waals surface area contributed by atoms with Gasteiger partial charge in [-0.05, 0) is 36.8 Å². The third-order valence-electron chi connectivity index (χ3n) is 2.19. The summed E-state index contributed by atoms with van der Waals surface area (Å²) in [6.07, 6.45) is 5.79. The first-order chi connectivity index (χ1) is 7.33. The van der Waals surface area contributed by atoms with Crippen LogP contribution in [0.2, 0.25) is 0 Å². The van der Waals surface area contributed by atoms with Crippen LogP contribution in [0.25, 0.3) is 17.0 Å². The molecule has 1 heterocycles. The standard InChI is InChI=1S/C13H10N2/c1-2-3-11-7-12-6-10(8-14)4-5-13(12)15-9-11/h2-7,9H,1H3. The zero-order chi connectivity index (χ0) is 10.7. The monoisotopic (exact) mass is 194 g/mol. The van der Waals surface area contributed by atoms with E-state index in [1.165, 1.54) is 0 Å². The van der Waals surface area contributed by atoms with Crippen LogP contribution in [0.4, 0.5) is 0 Å². The Morgan fingerprint density at radius 3 is 2.93 bits per heavy atom. The molecule has 2 nitrogen and oxygen atoms in total. The van der Waals surface area contributed by atoms with E-state index in [1.807, 2.05) is 43.5 Å². The molecule has 0 atom stereocenters. The Morgan fingerprint density at radius 2 is 2.20 bits per heavy atom. The van der Waals surface area contributed by atoms with Crippen LogP contribution in [0.5, 0.6) is 0 Å². The van der Waals surface area contributed by atoms with Gasteiger partial charge in [-0.3, -0.25) is 4.98 Å². The fraction of sp³-hybridized carbons (Fsp3) is 0.0769. The van der Waals surface area contributed by atoms with Crippen molar-refractivity contribution in [2.45, 2.75) is 6.92 Å². The Bertz CT molecular complexity index is 562. The van der Waals surface area contributed by atoms with Gasteiger partial charge < -0.3 is 0 Å². The average Bonchev–Trinajstić information content (AvgIpc) is 2.28. The van der Waals surface area contributed by atoms with Gasteiger partial charge in [0.2, 0.25) is 0 Å². The van der Waals surface area contributed by atoms with Gasteiger partial charge in [0.05, 0.1) is 17.1 Å². The molecule has 0 aliphatic carbocycles. The predicted octanol–water partition coefficient (Wildman–Crippen LogP) is 3.14. The zero-order valence-corrected chi connectivity index (χ0v) is 8.44. The number of hydrogen-bond acceptors (Lipinski definition) is 2. The lowest BCUT2D eigenvalue weighted by molar-refractivity contribution is 1.39. The second-order valence-electron chi connectivity index (χ2n) is 3.29. The van der Waals surface area contributed by atoms with Gasteiger partial charge in [-0.25, -0.2) is 0 Å². The highest BCUT2D eigenvalue weighted by Gasteiger charge is 1.97. The molecule has 72 valence electrons. The first kappa shape index (κ1) is 9.42. The fourth-order valence-electron chi connectivity index (χ4n) is 1.50. The van der Waals surface area contributed by atoms with Crippen LogP contribution in [0.3, 0.4) is 0 Å². The van der Waals surface area contributed by atoms with Crippen molar-refractivity contribution in [3.8, 4) is 6.07 Å². The van der Waals surface area contributed by atoms with Gasteiger partial charge in [0.15, 0.2) is 0 Å². The van der Waals surface area contributed by atoms with Crippen LogP contribution in [-0.4, -0.2) is 4.98 Å². The Morgan fingerprint density at radius 1 is 1.33 bits per heavy atom. The van der Waals surface area contributed by atoms with Crippen molar-refractivity contribution in [3.05, 3.63) is 47.7 Å². The summed E-state index contributed by atoms with van der Waals surface area (Å²) in [7, 11) is 0. The lowest BCUT2D eigenvalue weighted by atomic mass is 10.1. The predicted molar refractivity (Wildman–Crippen MR) is 61.2 cm³/mol. The summed E-state index contributed by atoms with van der Waals surface area (Å²) in [6, 6.07) is 9.66. The highest BCUT2D eigenvalue weighted by atomic mass is 14.6. The van der Waals surface area contributed by atoms with Gasteiger partial charge in [-0.2, -0.15) is 5.26 Å². The third-order valence-corrected chi connectivity index (χ3v) is 2.19. The minimum Gasteiger partial charge on any atom is -0.256 e. The van der Waals surface area contributed by atoms with E-state index in [1.54, 1.807) is 6.07 Å². The fourth-order valence-corrected chi connectivity index (χ4v) is 1.50. The number of rotatable bonds is 1. The topological polar surface area (TPSA) is 36.7 Å². The van der Waals surface area contributed by atoms with Crippen LogP contribution in [0.1, 0.15) is 18.1 Å². The molecule has 0 fully saturated rings. The molecule has 0 radical (unpaired) electrons. The van der Waals surface area contributed by atoms with E-state index in [9.17, 15) is 0 Å². The number of fused-ring (bicyclic) bond motifs is 1. The molecule has 0 saturated carbocycles. The van der Waals surface area contributed by atoms with Crippen LogP contribution in [-0.2, 0) is 0 Å². The molecule has 0 amide bonds. The number of aromatic nitrogens is 1. The number of benzene rings is 1. The summed E-state index contributed by atoms with van der Waals surface area (Å²) < 4.78 is 0. The largest absolute Gasteiger partial charge is 0.256 e. The van der Waals surface area contributed by atoms with Crippen molar-refractivity contribution in [3.63, 3.8) is 0 Å². The first-order valence-electron chi connectivity index (χ1n) is 4.76. The van der Waals surface area contributed by atoms with E-state index in [2.05, 4.69) is 11.1 Å². The maximum Gasteiger partial charge on any atom is 0.0991 e. The Kier molecular flexibility index (Phi) is 2.47. The molecule has 1 aromatic heterocycles. The molecule has 2 heteroatoms. The van der Waals surface area contributed by atoms with E-state index < -0.39 is 0 Å². The van der Waals surface area contributed by atoms with Gasteiger partial charge in [-0.15, -0.1) is 0 Å². The zero-order valence-electron chi connectivity index (χ0n) is 8.44. The summed E-state index contributed by atoms with van der Waals surface area (Å²) in [5, 5.41) is 9.79. The van der Waals surface area contributed by atoms with Crippen LogP contribution in [0, 0.1) is 11.3 Å². The summed E-state index contributed by atoms with van der Waals surface area (Å²) in [5.74, 6) is 0. The molecule has 0 aliphatic heterocycles. The number of allylic oxidation sites excluding steroid dienone is 1. The third kappa shape index (κ3) is 1.87. The van der Waals surface area contributed by atoms with Gasteiger partial charge in [0, 0.05) is 11.6 Å². The Balaban J connectivity index is 2.63. The Labute approximate surface area is 88.5 Å². The molecule has 0 N–H and O–H groups in total. The van der Waals surface area contributed by atoms with Crippen molar-refractivity contribution < 1.29 is 0 Å². The minimum atomic E-state index is 0.668. The number of nitrogens with zero attached hydrogens (tertiary/aromatic N) is 2. The molecule has 0 aliphatic rings.